The Morgan fingerprint density at radius 2 is 1.89 bits per heavy atom. The fourth-order valence-electron chi connectivity index (χ4n) is 2.03. The van der Waals surface area contributed by atoms with Crippen LogP contribution in [-0.4, -0.2) is 29.6 Å². The van der Waals surface area contributed by atoms with Gasteiger partial charge in [-0.2, -0.15) is 0 Å². The number of carboxylic acid groups (broad SMARTS) is 1. The summed E-state index contributed by atoms with van der Waals surface area (Å²) in [5, 5.41) is 11.5. The molecular formula is C14H28N2O3. The van der Waals surface area contributed by atoms with Crippen LogP contribution in [0.25, 0.3) is 0 Å². The summed E-state index contributed by atoms with van der Waals surface area (Å²) < 4.78 is 0. The van der Waals surface area contributed by atoms with Gasteiger partial charge in [0.1, 0.15) is 0 Å². The monoisotopic (exact) mass is 272 g/mol. The van der Waals surface area contributed by atoms with E-state index in [4.69, 9.17) is 10.8 Å². The number of hydrogen-bond acceptors (Lipinski definition) is 3. The summed E-state index contributed by atoms with van der Waals surface area (Å²) in [7, 11) is 0. The first kappa shape index (κ1) is 17.9. The zero-order chi connectivity index (χ0) is 14.8. The van der Waals surface area contributed by atoms with Gasteiger partial charge < -0.3 is 16.2 Å². The lowest BCUT2D eigenvalue weighted by Crippen LogP contribution is -2.42. The summed E-state index contributed by atoms with van der Waals surface area (Å²) in [6.07, 6.45) is 3.28. The molecule has 0 saturated heterocycles. The predicted octanol–water partition coefficient (Wildman–Crippen LogP) is 1.76. The first-order valence-corrected chi connectivity index (χ1v) is 7.11. The van der Waals surface area contributed by atoms with Crippen molar-refractivity contribution in [3.8, 4) is 0 Å². The fourth-order valence-corrected chi connectivity index (χ4v) is 2.03. The maximum absolute atomic E-state index is 11.7. The Hall–Kier alpha value is -1.10. The van der Waals surface area contributed by atoms with Gasteiger partial charge in [-0.15, -0.1) is 0 Å². The minimum absolute atomic E-state index is 0.109. The minimum atomic E-state index is -0.763. The highest BCUT2D eigenvalue weighted by molar-refractivity contribution is 5.81. The molecule has 0 heterocycles. The molecule has 19 heavy (non-hydrogen) atoms. The number of rotatable bonds is 10. The number of aliphatic carboxylic acids is 1. The number of amides is 1. The second-order valence-corrected chi connectivity index (χ2v) is 5.52. The summed E-state index contributed by atoms with van der Waals surface area (Å²) in [5.74, 6) is -0.124. The van der Waals surface area contributed by atoms with Gasteiger partial charge in [0.15, 0.2) is 0 Å². The highest BCUT2D eigenvalue weighted by Crippen LogP contribution is 2.14. The molecule has 1 amide bonds. The van der Waals surface area contributed by atoms with Crippen molar-refractivity contribution in [1.82, 2.24) is 5.32 Å². The molecule has 1 unspecified atom stereocenters. The Kier molecular flexibility index (Phi) is 9.21. The molecule has 4 N–H and O–H groups in total. The molecule has 112 valence electrons. The van der Waals surface area contributed by atoms with Crippen molar-refractivity contribution >= 4 is 11.9 Å². The van der Waals surface area contributed by atoms with Gasteiger partial charge in [-0.25, -0.2) is 0 Å². The molecule has 0 aliphatic carbocycles. The van der Waals surface area contributed by atoms with Gasteiger partial charge in [0.2, 0.25) is 5.91 Å². The Morgan fingerprint density at radius 1 is 1.26 bits per heavy atom. The van der Waals surface area contributed by atoms with Gasteiger partial charge in [0, 0.05) is 13.0 Å². The second-order valence-electron chi connectivity index (χ2n) is 5.52. The van der Waals surface area contributed by atoms with Crippen molar-refractivity contribution in [3.63, 3.8) is 0 Å². The SMILES string of the molecule is CCC(CCNC(=O)[C@@H](N)CC(C)C)CCC(=O)O. The van der Waals surface area contributed by atoms with Gasteiger partial charge >= 0.3 is 5.97 Å². The van der Waals surface area contributed by atoms with Crippen LogP contribution in [0.4, 0.5) is 0 Å². The maximum atomic E-state index is 11.7. The second kappa shape index (κ2) is 9.78. The van der Waals surface area contributed by atoms with E-state index < -0.39 is 12.0 Å². The number of carbonyl (C=O) groups excluding carboxylic acids is 1. The third-order valence-corrected chi connectivity index (χ3v) is 3.26. The molecule has 0 rings (SSSR count). The zero-order valence-corrected chi connectivity index (χ0v) is 12.3. The van der Waals surface area contributed by atoms with Crippen molar-refractivity contribution in [1.29, 1.82) is 0 Å². The van der Waals surface area contributed by atoms with E-state index in [1.54, 1.807) is 0 Å². The molecule has 2 atom stereocenters. The van der Waals surface area contributed by atoms with Crippen LogP contribution in [0.3, 0.4) is 0 Å². The first-order chi connectivity index (χ1) is 8.86. The van der Waals surface area contributed by atoms with E-state index in [0.29, 0.717) is 31.2 Å². The van der Waals surface area contributed by atoms with Crippen LogP contribution >= 0.6 is 0 Å². The maximum Gasteiger partial charge on any atom is 0.303 e. The number of nitrogens with one attached hydrogen (secondary N) is 1. The Morgan fingerprint density at radius 3 is 2.37 bits per heavy atom. The molecule has 0 fully saturated rings. The standard InChI is InChI=1S/C14H28N2O3/c1-4-11(5-6-13(17)18)7-8-16-14(19)12(15)9-10(2)3/h10-12H,4-9,15H2,1-3H3,(H,16,19)(H,17,18)/t11?,12-/m0/s1. The molecule has 0 spiro atoms. The van der Waals surface area contributed by atoms with Crippen LogP contribution in [0.2, 0.25) is 0 Å². The first-order valence-electron chi connectivity index (χ1n) is 7.11. The lowest BCUT2D eigenvalue weighted by molar-refractivity contribution is -0.137. The molecule has 0 aliphatic heterocycles. The summed E-state index contributed by atoms with van der Waals surface area (Å²) >= 11 is 0. The lowest BCUT2D eigenvalue weighted by Gasteiger charge is -2.17. The molecule has 0 aromatic rings. The molecular weight excluding hydrogens is 244 g/mol. The van der Waals surface area contributed by atoms with E-state index in [-0.39, 0.29) is 12.3 Å². The van der Waals surface area contributed by atoms with Gasteiger partial charge in [0.05, 0.1) is 6.04 Å². The Balaban J connectivity index is 3.86. The Labute approximate surface area is 115 Å². The van der Waals surface area contributed by atoms with Crippen molar-refractivity contribution in [2.45, 2.75) is 58.9 Å². The van der Waals surface area contributed by atoms with E-state index in [2.05, 4.69) is 5.32 Å². The summed E-state index contributed by atoms with van der Waals surface area (Å²) in [5.41, 5.74) is 5.78. The average Bonchev–Trinajstić information content (AvgIpc) is 2.31. The van der Waals surface area contributed by atoms with Crippen LogP contribution in [0.1, 0.15) is 52.9 Å². The molecule has 5 heteroatoms. The summed E-state index contributed by atoms with van der Waals surface area (Å²) in [4.78, 5) is 22.2. The van der Waals surface area contributed by atoms with Gasteiger partial charge in [0.25, 0.3) is 0 Å². The third-order valence-electron chi connectivity index (χ3n) is 3.26. The molecule has 0 aromatic carbocycles. The highest BCUT2D eigenvalue weighted by atomic mass is 16.4. The van der Waals surface area contributed by atoms with E-state index in [1.807, 2.05) is 20.8 Å². The van der Waals surface area contributed by atoms with Crippen LogP contribution in [-0.2, 0) is 9.59 Å². The van der Waals surface area contributed by atoms with E-state index >= 15 is 0 Å². The predicted molar refractivity (Wildman–Crippen MR) is 75.7 cm³/mol. The van der Waals surface area contributed by atoms with Gasteiger partial charge in [-0.05, 0) is 31.1 Å². The quantitative estimate of drug-likeness (QED) is 0.565. The third kappa shape index (κ3) is 9.47. The van der Waals surface area contributed by atoms with E-state index in [9.17, 15) is 9.59 Å². The molecule has 0 aliphatic rings. The lowest BCUT2D eigenvalue weighted by atomic mass is 9.96. The molecule has 0 aromatic heterocycles. The zero-order valence-electron chi connectivity index (χ0n) is 12.3. The van der Waals surface area contributed by atoms with Crippen LogP contribution in [0, 0.1) is 11.8 Å². The number of carboxylic acids is 1. The van der Waals surface area contributed by atoms with Crippen molar-refractivity contribution in [2.75, 3.05) is 6.54 Å². The number of nitrogens with two attached hydrogens (primary N) is 1. The normalized spacial score (nSPS) is 14.2. The van der Waals surface area contributed by atoms with Crippen molar-refractivity contribution < 1.29 is 14.7 Å². The number of hydrogen-bond donors (Lipinski definition) is 3. The largest absolute Gasteiger partial charge is 0.481 e. The Bertz CT molecular complexity index is 280. The summed E-state index contributed by atoms with van der Waals surface area (Å²) in [6.45, 7) is 6.68. The highest BCUT2D eigenvalue weighted by Gasteiger charge is 2.15. The van der Waals surface area contributed by atoms with E-state index in [0.717, 1.165) is 12.8 Å². The molecule has 5 nitrogen and oxygen atoms in total. The van der Waals surface area contributed by atoms with E-state index in [1.165, 1.54) is 0 Å². The molecule has 0 bridgehead atoms. The van der Waals surface area contributed by atoms with Crippen LogP contribution in [0.5, 0.6) is 0 Å². The van der Waals surface area contributed by atoms with Crippen molar-refractivity contribution in [2.24, 2.45) is 17.6 Å². The number of carbonyl (C=O) groups is 2. The van der Waals surface area contributed by atoms with Crippen LogP contribution < -0.4 is 11.1 Å². The molecule has 0 radical (unpaired) electrons. The van der Waals surface area contributed by atoms with Crippen molar-refractivity contribution in [3.05, 3.63) is 0 Å². The minimum Gasteiger partial charge on any atom is -0.481 e. The smallest absolute Gasteiger partial charge is 0.303 e. The topological polar surface area (TPSA) is 92.4 Å². The average molecular weight is 272 g/mol. The summed E-state index contributed by atoms with van der Waals surface area (Å²) in [6, 6.07) is -0.445. The fraction of sp³-hybridized carbons (Fsp3) is 0.857. The van der Waals surface area contributed by atoms with Gasteiger partial charge in [-0.3, -0.25) is 9.59 Å². The van der Waals surface area contributed by atoms with Crippen LogP contribution in [0.15, 0.2) is 0 Å². The van der Waals surface area contributed by atoms with Gasteiger partial charge in [-0.1, -0.05) is 27.2 Å². The molecule has 0 saturated carbocycles.